The van der Waals surface area contributed by atoms with Crippen molar-refractivity contribution in [3.8, 4) is 0 Å². The Balaban J connectivity index is 2.99. The molecule has 0 saturated carbocycles. The van der Waals surface area contributed by atoms with Crippen molar-refractivity contribution in [1.82, 2.24) is 0 Å². The van der Waals surface area contributed by atoms with Crippen molar-refractivity contribution < 1.29 is 9.90 Å². The molecule has 0 amide bonds. The molecule has 0 spiro atoms. The summed E-state index contributed by atoms with van der Waals surface area (Å²) in [6.45, 7) is 4.01. The average Bonchev–Trinajstić information content (AvgIpc) is 2.24. The van der Waals surface area contributed by atoms with Gasteiger partial charge in [-0.15, -0.1) is 0 Å². The second-order valence-corrected chi connectivity index (χ2v) is 4.00. The molecule has 76 valence electrons. The maximum absolute atomic E-state index is 10.7. The maximum Gasteiger partial charge on any atom is 0.325 e. The molecule has 0 aromatic heterocycles. The Morgan fingerprint density at radius 3 is 2.71 bits per heavy atom. The van der Waals surface area contributed by atoms with Crippen molar-refractivity contribution >= 4 is 5.97 Å². The largest absolute Gasteiger partial charge is 0.480 e. The van der Waals surface area contributed by atoms with Gasteiger partial charge in [0.05, 0.1) is 0 Å². The summed E-state index contributed by atoms with van der Waals surface area (Å²) in [4.78, 5) is 10.7. The molecule has 3 heteroatoms. The van der Waals surface area contributed by atoms with Gasteiger partial charge in [-0.1, -0.05) is 44.2 Å². The zero-order valence-electron chi connectivity index (χ0n) is 8.40. The third kappa shape index (κ3) is 2.57. The summed E-state index contributed by atoms with van der Waals surface area (Å²) >= 11 is 0. The molecule has 1 aliphatic rings. The zero-order chi connectivity index (χ0) is 10.8. The molecular weight excluding hydrogens is 178 g/mol. The lowest BCUT2D eigenvalue weighted by molar-refractivity contribution is -0.137. The molecule has 1 rings (SSSR count). The van der Waals surface area contributed by atoms with E-state index >= 15 is 0 Å². The Bertz CT molecular complexity index is 324. The van der Waals surface area contributed by atoms with Crippen molar-refractivity contribution in [2.45, 2.75) is 19.9 Å². The third-order valence-corrected chi connectivity index (χ3v) is 2.09. The molecule has 0 bridgehead atoms. The van der Waals surface area contributed by atoms with Gasteiger partial charge in [0, 0.05) is 5.41 Å². The molecule has 0 fully saturated rings. The van der Waals surface area contributed by atoms with Crippen molar-refractivity contribution in [3.63, 3.8) is 0 Å². The Morgan fingerprint density at radius 1 is 1.50 bits per heavy atom. The number of hydrogen-bond donors (Lipinski definition) is 2. The van der Waals surface area contributed by atoms with Crippen LogP contribution in [-0.4, -0.2) is 17.1 Å². The highest BCUT2D eigenvalue weighted by atomic mass is 16.4. The monoisotopic (exact) mass is 193 g/mol. The first-order valence-electron chi connectivity index (χ1n) is 4.49. The van der Waals surface area contributed by atoms with Gasteiger partial charge in [-0.05, 0) is 5.57 Å². The van der Waals surface area contributed by atoms with Crippen LogP contribution in [-0.2, 0) is 4.79 Å². The van der Waals surface area contributed by atoms with Crippen LogP contribution in [0.1, 0.15) is 13.8 Å². The lowest BCUT2D eigenvalue weighted by atomic mass is 9.90. The van der Waals surface area contributed by atoms with Gasteiger partial charge in [-0.3, -0.25) is 4.79 Å². The van der Waals surface area contributed by atoms with Crippen molar-refractivity contribution in [2.24, 2.45) is 11.1 Å². The molecule has 0 radical (unpaired) electrons. The quantitative estimate of drug-likeness (QED) is 0.698. The van der Waals surface area contributed by atoms with E-state index in [0.717, 1.165) is 0 Å². The fourth-order valence-electron chi connectivity index (χ4n) is 1.33. The number of aliphatic carboxylic acids is 1. The molecule has 0 saturated heterocycles. The number of rotatable bonds is 2. The van der Waals surface area contributed by atoms with Crippen LogP contribution < -0.4 is 5.73 Å². The van der Waals surface area contributed by atoms with Crippen LogP contribution in [0.4, 0.5) is 0 Å². The van der Waals surface area contributed by atoms with Gasteiger partial charge in [0.2, 0.25) is 0 Å². The zero-order valence-corrected chi connectivity index (χ0v) is 8.40. The summed E-state index contributed by atoms with van der Waals surface area (Å²) in [5, 5.41) is 8.78. The number of carboxylic acid groups (broad SMARTS) is 1. The molecule has 0 aromatic carbocycles. The van der Waals surface area contributed by atoms with Gasteiger partial charge >= 0.3 is 5.97 Å². The van der Waals surface area contributed by atoms with Crippen molar-refractivity contribution in [1.29, 1.82) is 0 Å². The average molecular weight is 193 g/mol. The topological polar surface area (TPSA) is 63.3 Å². The number of allylic oxidation sites excluding steroid dienone is 4. The van der Waals surface area contributed by atoms with E-state index in [1.165, 1.54) is 0 Å². The highest BCUT2D eigenvalue weighted by molar-refractivity contribution is 5.78. The number of nitrogens with two attached hydrogens (primary N) is 1. The molecule has 0 aliphatic heterocycles. The second-order valence-electron chi connectivity index (χ2n) is 4.00. The highest BCUT2D eigenvalue weighted by Gasteiger charge is 2.20. The summed E-state index contributed by atoms with van der Waals surface area (Å²) in [5.41, 5.74) is 6.03. The highest BCUT2D eigenvalue weighted by Crippen LogP contribution is 2.24. The van der Waals surface area contributed by atoms with E-state index in [4.69, 9.17) is 10.8 Å². The minimum absolute atomic E-state index is 0.147. The van der Waals surface area contributed by atoms with Crippen molar-refractivity contribution in [2.75, 3.05) is 0 Å². The van der Waals surface area contributed by atoms with Gasteiger partial charge in [0.25, 0.3) is 0 Å². The summed E-state index contributed by atoms with van der Waals surface area (Å²) in [6.07, 6.45) is 9.34. The number of carbonyl (C=O) groups is 1. The summed E-state index contributed by atoms with van der Waals surface area (Å²) in [6, 6.07) is -0.939. The van der Waals surface area contributed by atoms with E-state index in [-0.39, 0.29) is 5.41 Å². The van der Waals surface area contributed by atoms with Crippen LogP contribution in [0.25, 0.3) is 0 Å². The molecule has 14 heavy (non-hydrogen) atoms. The SMILES string of the molecule is CC1(C)C=CC=CC(C(N)C(=O)O)=C1. The maximum atomic E-state index is 10.7. The van der Waals surface area contributed by atoms with Crippen molar-refractivity contribution in [3.05, 3.63) is 36.0 Å². The van der Waals surface area contributed by atoms with Crippen LogP contribution in [0.5, 0.6) is 0 Å². The molecule has 1 atom stereocenters. The first-order chi connectivity index (χ1) is 6.42. The van der Waals surface area contributed by atoms with Crippen LogP contribution in [0, 0.1) is 5.41 Å². The normalized spacial score (nSPS) is 21.2. The van der Waals surface area contributed by atoms with Gasteiger partial charge in [-0.2, -0.15) is 0 Å². The summed E-state index contributed by atoms with van der Waals surface area (Å²) in [7, 11) is 0. The Morgan fingerprint density at radius 2 is 2.14 bits per heavy atom. The van der Waals surface area contributed by atoms with E-state index in [1.54, 1.807) is 6.08 Å². The number of hydrogen-bond acceptors (Lipinski definition) is 2. The molecule has 3 nitrogen and oxygen atoms in total. The lowest BCUT2D eigenvalue weighted by Gasteiger charge is -2.16. The van der Waals surface area contributed by atoms with Crippen LogP contribution >= 0.6 is 0 Å². The van der Waals surface area contributed by atoms with Gasteiger partial charge in [0.15, 0.2) is 0 Å². The van der Waals surface area contributed by atoms with Gasteiger partial charge in [-0.25, -0.2) is 0 Å². The fraction of sp³-hybridized carbons (Fsp3) is 0.364. The van der Waals surface area contributed by atoms with E-state index in [2.05, 4.69) is 0 Å². The van der Waals surface area contributed by atoms with Crippen LogP contribution in [0.15, 0.2) is 36.0 Å². The molecule has 0 aromatic rings. The third-order valence-electron chi connectivity index (χ3n) is 2.09. The molecule has 1 aliphatic carbocycles. The number of carboxylic acids is 1. The Kier molecular flexibility index (Phi) is 2.91. The van der Waals surface area contributed by atoms with Gasteiger partial charge < -0.3 is 10.8 Å². The minimum atomic E-state index is -1.00. The first kappa shape index (κ1) is 10.7. The predicted molar refractivity (Wildman–Crippen MR) is 55.8 cm³/mol. The summed E-state index contributed by atoms with van der Waals surface area (Å²) < 4.78 is 0. The summed E-state index contributed by atoms with van der Waals surface area (Å²) in [5.74, 6) is -1.00. The van der Waals surface area contributed by atoms with Gasteiger partial charge in [0.1, 0.15) is 6.04 Å². The molecule has 1 unspecified atom stereocenters. The van der Waals surface area contributed by atoms with Crippen LogP contribution in [0.2, 0.25) is 0 Å². The Labute approximate surface area is 83.6 Å². The van der Waals surface area contributed by atoms with E-state index < -0.39 is 12.0 Å². The molecule has 3 N–H and O–H groups in total. The molecular formula is C11H15NO2. The smallest absolute Gasteiger partial charge is 0.325 e. The fourth-order valence-corrected chi connectivity index (χ4v) is 1.33. The second kappa shape index (κ2) is 3.80. The molecule has 0 heterocycles. The predicted octanol–water partition coefficient (Wildman–Crippen LogP) is 1.48. The van der Waals surface area contributed by atoms with E-state index in [0.29, 0.717) is 5.57 Å². The first-order valence-corrected chi connectivity index (χ1v) is 4.49. The Hall–Kier alpha value is -1.35. The van der Waals surface area contributed by atoms with E-state index in [1.807, 2.05) is 38.2 Å². The minimum Gasteiger partial charge on any atom is -0.480 e. The van der Waals surface area contributed by atoms with Crippen LogP contribution in [0.3, 0.4) is 0 Å². The standard InChI is InChI=1S/C11H15NO2/c1-11(2)6-4-3-5-8(7-11)9(12)10(13)14/h3-7,9H,12H2,1-2H3,(H,13,14). The lowest BCUT2D eigenvalue weighted by Crippen LogP contribution is -2.32. The van der Waals surface area contributed by atoms with E-state index in [9.17, 15) is 4.79 Å².